The lowest BCUT2D eigenvalue weighted by Gasteiger charge is -2.16. The first-order valence-corrected chi connectivity index (χ1v) is 12.0. The highest BCUT2D eigenvalue weighted by molar-refractivity contribution is 9.10. The maximum atomic E-state index is 13.1. The van der Waals surface area contributed by atoms with E-state index in [0.29, 0.717) is 36.3 Å². The summed E-state index contributed by atoms with van der Waals surface area (Å²) in [7, 11) is 0. The van der Waals surface area contributed by atoms with Crippen LogP contribution >= 0.6 is 63.1 Å². The number of carbonyl (C=O) groups is 1. The van der Waals surface area contributed by atoms with Crippen LogP contribution in [-0.4, -0.2) is 10.2 Å². The fourth-order valence-electron chi connectivity index (χ4n) is 2.98. The molecule has 0 saturated carbocycles. The van der Waals surface area contributed by atoms with Gasteiger partial charge in [0.25, 0.3) is 5.91 Å². The molecule has 1 aliphatic rings. The Hall–Kier alpha value is -1.90. The molecule has 0 N–H and O–H groups in total. The van der Waals surface area contributed by atoms with Gasteiger partial charge < -0.3 is 4.74 Å². The Morgan fingerprint density at radius 3 is 2.56 bits per heavy atom. The fraction of sp³-hybridized carbons (Fsp3) is 0.0435. The number of thiocarbonyl (C=S) groups is 1. The molecule has 32 heavy (non-hydrogen) atoms. The van der Waals surface area contributed by atoms with Gasteiger partial charge in [-0.05, 0) is 60.2 Å². The normalized spacial score (nSPS) is 15.0. The van der Waals surface area contributed by atoms with Crippen molar-refractivity contribution >= 4 is 85.1 Å². The van der Waals surface area contributed by atoms with Gasteiger partial charge in [0, 0.05) is 15.1 Å². The van der Waals surface area contributed by atoms with Crippen LogP contribution in [0.5, 0.6) is 5.75 Å². The molecule has 0 spiro atoms. The summed E-state index contributed by atoms with van der Waals surface area (Å²) in [5, 5.41) is 0.803. The van der Waals surface area contributed by atoms with E-state index in [1.807, 2.05) is 12.1 Å². The second-order valence-electron chi connectivity index (χ2n) is 6.71. The van der Waals surface area contributed by atoms with Crippen molar-refractivity contribution in [2.24, 2.45) is 0 Å². The van der Waals surface area contributed by atoms with E-state index >= 15 is 0 Å². The molecule has 0 bridgehead atoms. The lowest BCUT2D eigenvalue weighted by Crippen LogP contribution is -2.27. The number of ether oxygens (including phenoxy) is 1. The number of rotatable bonds is 5. The van der Waals surface area contributed by atoms with E-state index in [2.05, 4.69) is 15.9 Å². The van der Waals surface area contributed by atoms with Crippen LogP contribution in [0.4, 0.5) is 10.1 Å². The number of thioether (sulfide) groups is 1. The molecule has 1 amide bonds. The van der Waals surface area contributed by atoms with Gasteiger partial charge in [-0.15, -0.1) is 0 Å². The first-order valence-electron chi connectivity index (χ1n) is 9.21. The number of benzene rings is 3. The van der Waals surface area contributed by atoms with Crippen LogP contribution in [0.3, 0.4) is 0 Å². The highest BCUT2D eigenvalue weighted by atomic mass is 79.9. The first-order chi connectivity index (χ1) is 15.3. The Morgan fingerprint density at radius 1 is 1.09 bits per heavy atom. The second-order valence-corrected chi connectivity index (χ2v) is 10.1. The molecule has 0 aliphatic carbocycles. The summed E-state index contributed by atoms with van der Waals surface area (Å²) in [6.45, 7) is 0.254. The monoisotopic (exact) mass is 567 g/mol. The van der Waals surface area contributed by atoms with Gasteiger partial charge in [0.15, 0.2) is 4.32 Å². The van der Waals surface area contributed by atoms with Crippen LogP contribution in [0, 0.1) is 5.82 Å². The molecule has 1 heterocycles. The molecule has 4 rings (SSSR count). The Bertz CT molecular complexity index is 1250. The smallest absolute Gasteiger partial charge is 0.270 e. The number of amides is 1. The third kappa shape index (κ3) is 5.18. The molecule has 0 radical (unpaired) electrons. The number of anilines is 1. The number of nitrogens with zero attached hydrogens (tertiary/aromatic N) is 1. The fourth-order valence-corrected chi connectivity index (χ4v) is 5.13. The molecule has 9 heteroatoms. The summed E-state index contributed by atoms with van der Waals surface area (Å²) in [5.74, 6) is -0.0121. The van der Waals surface area contributed by atoms with Crippen molar-refractivity contribution in [3.05, 3.63) is 97.0 Å². The lowest BCUT2D eigenvalue weighted by atomic mass is 10.1. The van der Waals surface area contributed by atoms with Crippen molar-refractivity contribution in [3.63, 3.8) is 0 Å². The minimum atomic E-state index is -0.305. The molecule has 3 nitrogen and oxygen atoms in total. The highest BCUT2D eigenvalue weighted by Gasteiger charge is 2.34. The third-order valence-electron chi connectivity index (χ3n) is 4.51. The SMILES string of the molecule is O=C1/C(=C\c2cc(Br)ccc2OCc2ccc(F)cc2)SC(=S)N1c1ccc(Cl)cc1Cl. The summed E-state index contributed by atoms with van der Waals surface area (Å²) < 4.78 is 20.3. The summed E-state index contributed by atoms with van der Waals surface area (Å²) in [5.41, 5.74) is 2.00. The van der Waals surface area contributed by atoms with Gasteiger partial charge >= 0.3 is 0 Å². The maximum Gasteiger partial charge on any atom is 0.270 e. The van der Waals surface area contributed by atoms with Crippen LogP contribution < -0.4 is 9.64 Å². The molecule has 3 aromatic carbocycles. The Kier molecular flexibility index (Phi) is 7.22. The van der Waals surface area contributed by atoms with E-state index in [1.165, 1.54) is 28.8 Å². The van der Waals surface area contributed by atoms with Crippen molar-refractivity contribution in [3.8, 4) is 5.75 Å². The molecule has 162 valence electrons. The number of hydrogen-bond acceptors (Lipinski definition) is 4. The summed E-state index contributed by atoms with van der Waals surface area (Å²) in [4.78, 5) is 15.0. The van der Waals surface area contributed by atoms with E-state index in [4.69, 9.17) is 40.2 Å². The Labute approximate surface area is 212 Å². The molecule has 0 unspecified atom stereocenters. The van der Waals surface area contributed by atoms with Crippen LogP contribution in [0.2, 0.25) is 10.0 Å². The van der Waals surface area contributed by atoms with E-state index < -0.39 is 0 Å². The zero-order valence-electron chi connectivity index (χ0n) is 16.2. The predicted octanol–water partition coefficient (Wildman–Crippen LogP) is 7.88. The molecule has 1 saturated heterocycles. The van der Waals surface area contributed by atoms with Crippen molar-refractivity contribution in [2.75, 3.05) is 4.90 Å². The van der Waals surface area contributed by atoms with Crippen molar-refractivity contribution < 1.29 is 13.9 Å². The van der Waals surface area contributed by atoms with Gasteiger partial charge in [0.1, 0.15) is 18.2 Å². The van der Waals surface area contributed by atoms with Gasteiger partial charge in [-0.25, -0.2) is 4.39 Å². The molecule has 0 atom stereocenters. The van der Waals surface area contributed by atoms with Gasteiger partial charge in [0.05, 0.1) is 15.6 Å². The van der Waals surface area contributed by atoms with Crippen LogP contribution in [0.25, 0.3) is 6.08 Å². The van der Waals surface area contributed by atoms with Crippen molar-refractivity contribution in [1.29, 1.82) is 0 Å². The quantitative estimate of drug-likeness (QED) is 0.231. The second kappa shape index (κ2) is 9.93. The molecular formula is C23H13BrCl2FNO2S2. The van der Waals surface area contributed by atoms with Gasteiger partial charge in [0.2, 0.25) is 0 Å². The van der Waals surface area contributed by atoms with E-state index in [9.17, 15) is 9.18 Å². The van der Waals surface area contributed by atoms with E-state index in [-0.39, 0.29) is 18.3 Å². The zero-order chi connectivity index (χ0) is 22.8. The molecule has 1 aliphatic heterocycles. The zero-order valence-corrected chi connectivity index (χ0v) is 20.9. The van der Waals surface area contributed by atoms with Crippen molar-refractivity contribution in [1.82, 2.24) is 0 Å². The van der Waals surface area contributed by atoms with Gasteiger partial charge in [-0.1, -0.05) is 75.2 Å². The lowest BCUT2D eigenvalue weighted by molar-refractivity contribution is -0.113. The number of halogens is 4. The van der Waals surface area contributed by atoms with Gasteiger partial charge in [-0.2, -0.15) is 0 Å². The predicted molar refractivity (Wildman–Crippen MR) is 137 cm³/mol. The number of hydrogen-bond donors (Lipinski definition) is 0. The largest absolute Gasteiger partial charge is 0.488 e. The summed E-state index contributed by atoms with van der Waals surface area (Å²) in [6, 6.07) is 16.5. The molecule has 3 aromatic rings. The highest BCUT2D eigenvalue weighted by Crippen LogP contribution is 2.40. The topological polar surface area (TPSA) is 29.5 Å². The van der Waals surface area contributed by atoms with Gasteiger partial charge in [-0.3, -0.25) is 9.69 Å². The summed E-state index contributed by atoms with van der Waals surface area (Å²) in [6.07, 6.45) is 1.73. The first kappa shape index (κ1) is 23.3. The van der Waals surface area contributed by atoms with Crippen molar-refractivity contribution in [2.45, 2.75) is 6.61 Å². The molecule has 0 aromatic heterocycles. The van der Waals surface area contributed by atoms with E-state index in [1.54, 1.807) is 42.5 Å². The van der Waals surface area contributed by atoms with Crippen LogP contribution in [0.1, 0.15) is 11.1 Å². The average Bonchev–Trinajstić information content (AvgIpc) is 3.02. The summed E-state index contributed by atoms with van der Waals surface area (Å²) >= 11 is 22.3. The molecular weight excluding hydrogens is 556 g/mol. The van der Waals surface area contributed by atoms with E-state index in [0.717, 1.165) is 10.0 Å². The minimum absolute atomic E-state index is 0.254. The molecule has 1 fully saturated rings. The average molecular weight is 569 g/mol. The minimum Gasteiger partial charge on any atom is -0.488 e. The Balaban J connectivity index is 1.61. The number of carbonyl (C=O) groups excluding carboxylic acids is 1. The van der Waals surface area contributed by atoms with Crippen LogP contribution in [-0.2, 0) is 11.4 Å². The Morgan fingerprint density at radius 2 is 1.84 bits per heavy atom. The van der Waals surface area contributed by atoms with Crippen LogP contribution in [0.15, 0.2) is 70.0 Å². The standard InChI is InChI=1S/C23H13BrCl2FNO2S2/c24-15-3-8-20(30-12-13-1-5-17(27)6-2-13)14(9-15)10-21-22(29)28(23(31)32-21)19-7-4-16(25)11-18(19)26/h1-11H,12H2/b21-10+. The third-order valence-corrected chi connectivity index (χ3v) is 6.84. The maximum absolute atomic E-state index is 13.1.